The Balaban J connectivity index is 1.49. The van der Waals surface area contributed by atoms with E-state index in [0.29, 0.717) is 22.9 Å². The van der Waals surface area contributed by atoms with E-state index in [1.54, 1.807) is 36.7 Å². The number of unbranched alkanes of at least 4 members (excludes halogenated alkanes) is 1. The van der Waals surface area contributed by atoms with Crippen molar-refractivity contribution in [1.82, 2.24) is 9.97 Å². The van der Waals surface area contributed by atoms with Crippen molar-refractivity contribution in [2.45, 2.75) is 50.1 Å². The molecule has 0 saturated carbocycles. The predicted octanol–water partition coefficient (Wildman–Crippen LogP) is 7.86. The zero-order chi connectivity index (χ0) is 33.4. The highest BCUT2D eigenvalue weighted by atomic mass is 19.4. The molecule has 0 saturated heterocycles. The van der Waals surface area contributed by atoms with Gasteiger partial charge in [0.1, 0.15) is 13.2 Å². The normalized spacial score (nSPS) is 13.1. The molecule has 18 heteroatoms. The summed E-state index contributed by atoms with van der Waals surface area (Å²) in [7, 11) is 0. The Morgan fingerprint density at radius 2 is 1.22 bits per heavy atom. The fourth-order valence-electron chi connectivity index (χ4n) is 3.30. The molecule has 0 atom stereocenters. The van der Waals surface area contributed by atoms with Gasteiger partial charge in [0.2, 0.25) is 0 Å². The molecule has 0 unspecified atom stereocenters. The zero-order valence-electron chi connectivity index (χ0n) is 22.7. The van der Waals surface area contributed by atoms with Gasteiger partial charge in [0, 0.05) is 24.6 Å². The summed E-state index contributed by atoms with van der Waals surface area (Å²) in [5.74, 6) is 1.04. The van der Waals surface area contributed by atoms with Crippen molar-refractivity contribution >= 4 is 0 Å². The summed E-state index contributed by atoms with van der Waals surface area (Å²) in [5.41, 5.74) is 1.47. The number of halogens is 11. The van der Waals surface area contributed by atoms with Crippen LogP contribution in [-0.4, -0.2) is 60.4 Å². The van der Waals surface area contributed by atoms with Crippen LogP contribution in [0.1, 0.15) is 18.4 Å². The fourth-order valence-corrected chi connectivity index (χ4v) is 3.30. The van der Waals surface area contributed by atoms with E-state index in [9.17, 15) is 48.3 Å². The van der Waals surface area contributed by atoms with Crippen LogP contribution in [0.4, 0.5) is 48.3 Å². The summed E-state index contributed by atoms with van der Waals surface area (Å²) in [4.78, 5) is 8.35. The lowest BCUT2D eigenvalue weighted by molar-refractivity contribution is -0.537. The van der Waals surface area contributed by atoms with Crippen molar-refractivity contribution in [3.05, 3.63) is 72.6 Å². The number of aromatic nitrogens is 2. The molecule has 0 spiro atoms. The quantitative estimate of drug-likeness (QED) is 0.108. The molecule has 7 nitrogen and oxygen atoms in total. The van der Waals surface area contributed by atoms with E-state index in [4.69, 9.17) is 9.47 Å². The van der Waals surface area contributed by atoms with E-state index in [1.807, 2.05) is 35.1 Å². The summed E-state index contributed by atoms with van der Waals surface area (Å²) < 4.78 is 162. The molecule has 0 N–H and O–H groups in total. The van der Waals surface area contributed by atoms with E-state index >= 15 is 0 Å². The van der Waals surface area contributed by atoms with E-state index in [1.165, 1.54) is 0 Å². The van der Waals surface area contributed by atoms with Crippen LogP contribution in [0.2, 0.25) is 0 Å². The van der Waals surface area contributed by atoms with E-state index in [0.717, 1.165) is 5.56 Å². The van der Waals surface area contributed by atoms with Crippen LogP contribution in [0, 0.1) is 0 Å². The molecular weight excluding hydrogens is 641 g/mol. The SMILES string of the molecule is FC(F)(COCCCCOc1ccc(-c2ncccn2)cc1OCc1ccccc1)OC(F)(F)C(F)(F)OC(F)(F)C(F)(F)F. The third-order valence-corrected chi connectivity index (χ3v) is 5.42. The van der Waals surface area contributed by atoms with Crippen LogP contribution in [0.5, 0.6) is 11.5 Å². The third kappa shape index (κ3) is 10.4. The van der Waals surface area contributed by atoms with Gasteiger partial charge >= 0.3 is 30.6 Å². The van der Waals surface area contributed by atoms with Gasteiger partial charge in [0.25, 0.3) is 0 Å². The van der Waals surface area contributed by atoms with Crippen LogP contribution in [0.15, 0.2) is 67.0 Å². The maximum Gasteiger partial charge on any atom is 0.483 e. The first kappa shape index (κ1) is 35.7. The molecule has 0 aliphatic rings. The molecule has 0 aliphatic heterocycles. The minimum Gasteiger partial charge on any atom is -0.490 e. The molecule has 2 aromatic carbocycles. The summed E-state index contributed by atoms with van der Waals surface area (Å²) in [6, 6.07) is 15.7. The van der Waals surface area contributed by atoms with Gasteiger partial charge in [0.15, 0.2) is 17.3 Å². The van der Waals surface area contributed by atoms with Gasteiger partial charge in [-0.15, -0.1) is 0 Å². The van der Waals surface area contributed by atoms with Gasteiger partial charge in [-0.2, -0.15) is 48.3 Å². The van der Waals surface area contributed by atoms with E-state index in [-0.39, 0.29) is 26.1 Å². The Kier molecular flexibility index (Phi) is 11.5. The van der Waals surface area contributed by atoms with Crippen LogP contribution in [0.3, 0.4) is 0 Å². The predicted molar refractivity (Wildman–Crippen MR) is 132 cm³/mol. The second-order valence-electron chi connectivity index (χ2n) is 9.01. The Morgan fingerprint density at radius 3 is 1.87 bits per heavy atom. The molecule has 1 aromatic heterocycles. The first-order valence-corrected chi connectivity index (χ1v) is 12.7. The summed E-state index contributed by atoms with van der Waals surface area (Å²) in [5, 5.41) is 0. The number of hydrogen-bond donors (Lipinski definition) is 0. The molecular formula is C27H23F11N2O5. The molecule has 0 aliphatic carbocycles. The van der Waals surface area contributed by atoms with Crippen molar-refractivity contribution in [2.24, 2.45) is 0 Å². The Labute approximate surface area is 247 Å². The third-order valence-electron chi connectivity index (χ3n) is 5.42. The van der Waals surface area contributed by atoms with Crippen molar-refractivity contribution in [1.29, 1.82) is 0 Å². The minimum absolute atomic E-state index is 0.0197. The van der Waals surface area contributed by atoms with Gasteiger partial charge in [-0.3, -0.25) is 0 Å². The van der Waals surface area contributed by atoms with Crippen LogP contribution in [0.25, 0.3) is 11.4 Å². The van der Waals surface area contributed by atoms with Gasteiger partial charge < -0.3 is 14.2 Å². The fraction of sp³-hybridized carbons (Fsp3) is 0.407. The summed E-state index contributed by atoms with van der Waals surface area (Å²) in [6.07, 6.45) is -29.1. The molecule has 45 heavy (non-hydrogen) atoms. The molecule has 1 heterocycles. The molecule has 0 bridgehead atoms. The molecule has 0 amide bonds. The molecule has 248 valence electrons. The lowest BCUT2D eigenvalue weighted by atomic mass is 10.2. The number of benzene rings is 2. The van der Waals surface area contributed by atoms with E-state index < -0.39 is 43.8 Å². The van der Waals surface area contributed by atoms with Crippen LogP contribution >= 0.6 is 0 Å². The number of rotatable bonds is 17. The van der Waals surface area contributed by atoms with Gasteiger partial charge in [-0.25, -0.2) is 19.4 Å². The lowest BCUT2D eigenvalue weighted by Crippen LogP contribution is -2.55. The number of nitrogens with zero attached hydrogens (tertiary/aromatic N) is 2. The highest BCUT2D eigenvalue weighted by Gasteiger charge is 2.72. The Hall–Kier alpha value is -3.77. The maximum atomic E-state index is 13.6. The number of alkyl halides is 11. The second-order valence-corrected chi connectivity index (χ2v) is 9.01. The van der Waals surface area contributed by atoms with Crippen molar-refractivity contribution in [3.8, 4) is 22.9 Å². The highest BCUT2D eigenvalue weighted by molar-refractivity contribution is 5.60. The Bertz CT molecular complexity index is 1350. The number of hydrogen-bond acceptors (Lipinski definition) is 7. The second kappa shape index (κ2) is 14.6. The van der Waals surface area contributed by atoms with Crippen LogP contribution < -0.4 is 9.47 Å². The largest absolute Gasteiger partial charge is 0.490 e. The molecule has 3 rings (SSSR count). The van der Waals surface area contributed by atoms with Gasteiger partial charge in [0.05, 0.1) is 6.61 Å². The highest BCUT2D eigenvalue weighted by Crippen LogP contribution is 2.47. The van der Waals surface area contributed by atoms with Gasteiger partial charge in [-0.05, 0) is 42.7 Å². The molecule has 3 aromatic rings. The van der Waals surface area contributed by atoms with Gasteiger partial charge in [-0.1, -0.05) is 30.3 Å². The summed E-state index contributed by atoms with van der Waals surface area (Å²) in [6.45, 7) is -2.47. The van der Waals surface area contributed by atoms with E-state index in [2.05, 4.69) is 19.4 Å². The molecule has 0 fully saturated rings. The number of ether oxygens (including phenoxy) is 5. The monoisotopic (exact) mass is 664 g/mol. The zero-order valence-corrected chi connectivity index (χ0v) is 22.7. The maximum absolute atomic E-state index is 13.6. The minimum atomic E-state index is -6.85. The average molecular weight is 664 g/mol. The van der Waals surface area contributed by atoms with Crippen LogP contribution in [-0.2, 0) is 20.8 Å². The summed E-state index contributed by atoms with van der Waals surface area (Å²) >= 11 is 0. The smallest absolute Gasteiger partial charge is 0.483 e. The van der Waals surface area contributed by atoms with Crippen molar-refractivity contribution in [2.75, 3.05) is 19.8 Å². The molecule has 0 radical (unpaired) electrons. The topological polar surface area (TPSA) is 71.9 Å². The first-order chi connectivity index (χ1) is 20.9. The van der Waals surface area contributed by atoms with Crippen molar-refractivity contribution in [3.63, 3.8) is 0 Å². The lowest BCUT2D eigenvalue weighted by Gasteiger charge is -2.31. The average Bonchev–Trinajstić information content (AvgIpc) is 2.95. The van der Waals surface area contributed by atoms with Crippen molar-refractivity contribution < 1.29 is 72.0 Å². The standard InChI is InChI=1S/C27H23F11N2O5/c28-23(29,44-26(35,36)27(37,38)45-25(33,34)24(30,31)32)17-41-13-4-5-14-42-20-10-9-19(22-39-11-6-12-40-22)15-21(20)43-16-18-7-2-1-3-8-18/h1-3,6-12,15H,4-5,13-14,16-17H2. The first-order valence-electron chi connectivity index (χ1n) is 12.7. The Morgan fingerprint density at radius 1 is 0.600 bits per heavy atom.